The van der Waals surface area contributed by atoms with Crippen LogP contribution >= 0.6 is 7.82 Å². The van der Waals surface area contributed by atoms with Gasteiger partial charge in [-0.2, -0.15) is 0 Å². The highest BCUT2D eigenvalue weighted by molar-refractivity contribution is 7.46. The summed E-state index contributed by atoms with van der Waals surface area (Å²) in [6.45, 7) is -0.171. The van der Waals surface area contributed by atoms with E-state index in [2.05, 4.69) is 9.84 Å². The Morgan fingerprint density at radius 2 is 1.60 bits per heavy atom. The topological polar surface area (TPSA) is 105 Å². The molecule has 0 atom stereocenters. The Labute approximate surface area is 144 Å². The lowest BCUT2D eigenvalue weighted by atomic mass is 9.98. The third-order valence-electron chi connectivity index (χ3n) is 3.97. The molecule has 2 aromatic carbocycles. The summed E-state index contributed by atoms with van der Waals surface area (Å²) < 4.78 is 20.1. The lowest BCUT2D eigenvalue weighted by Gasteiger charge is -2.14. The number of carbonyl (C=O) groups is 1. The molecule has 0 fully saturated rings. The Kier molecular flexibility index (Phi) is 5.20. The number of carbonyl (C=O) groups excluding carboxylic acids is 1. The zero-order valence-corrected chi connectivity index (χ0v) is 14.2. The number of hydrogen-bond acceptors (Lipinski definition) is 4. The summed E-state index contributed by atoms with van der Waals surface area (Å²) in [7, 11) is -4.52. The Hall–Kier alpha value is -2.18. The number of alkyl carbamates (subject to hydrolysis) is 1. The molecule has 2 aromatic rings. The molecule has 0 aromatic heterocycles. The van der Waals surface area contributed by atoms with Gasteiger partial charge in [-0.05, 0) is 22.3 Å². The minimum absolute atomic E-state index is 0.0375. The second kappa shape index (κ2) is 7.37. The molecule has 7 nitrogen and oxygen atoms in total. The summed E-state index contributed by atoms with van der Waals surface area (Å²) in [4.78, 5) is 28.9. The van der Waals surface area contributed by atoms with E-state index in [0.29, 0.717) is 0 Å². The first-order valence-corrected chi connectivity index (χ1v) is 9.27. The standard InChI is InChI=1S/C17H18NO6P/c19-17(18-9-10-24-25(20,21)22)23-11-16-14-7-3-1-5-12(14)13-6-2-4-8-15(13)16/h1-8,16H,9-11H2,(H,18,19)(H2,20,21,22). The van der Waals surface area contributed by atoms with Crippen molar-refractivity contribution in [1.29, 1.82) is 0 Å². The molecule has 0 radical (unpaired) electrons. The highest BCUT2D eigenvalue weighted by atomic mass is 31.2. The zero-order valence-electron chi connectivity index (χ0n) is 13.3. The molecule has 0 heterocycles. The highest BCUT2D eigenvalue weighted by Crippen LogP contribution is 2.44. The third-order valence-corrected chi connectivity index (χ3v) is 4.49. The van der Waals surface area contributed by atoms with Crippen LogP contribution in [-0.2, 0) is 13.8 Å². The van der Waals surface area contributed by atoms with Crippen LogP contribution in [0.25, 0.3) is 11.1 Å². The van der Waals surface area contributed by atoms with Crippen molar-refractivity contribution in [3.63, 3.8) is 0 Å². The van der Waals surface area contributed by atoms with Gasteiger partial charge in [-0.1, -0.05) is 48.5 Å². The molecule has 132 valence electrons. The predicted octanol–water partition coefficient (Wildman–Crippen LogP) is 2.63. The van der Waals surface area contributed by atoms with Crippen molar-refractivity contribution in [3.05, 3.63) is 59.7 Å². The molecule has 3 rings (SSSR count). The minimum Gasteiger partial charge on any atom is -0.449 e. The van der Waals surface area contributed by atoms with E-state index in [1.54, 1.807) is 0 Å². The summed E-state index contributed by atoms with van der Waals surface area (Å²) in [5.74, 6) is -0.0375. The van der Waals surface area contributed by atoms with Crippen LogP contribution in [-0.4, -0.2) is 35.6 Å². The first kappa shape index (κ1) is 17.6. The fourth-order valence-electron chi connectivity index (χ4n) is 2.97. The van der Waals surface area contributed by atoms with Gasteiger partial charge in [0.2, 0.25) is 0 Å². The van der Waals surface area contributed by atoms with Crippen molar-refractivity contribution in [3.8, 4) is 11.1 Å². The molecular weight excluding hydrogens is 345 g/mol. The van der Waals surface area contributed by atoms with Crippen molar-refractivity contribution in [2.24, 2.45) is 0 Å². The van der Waals surface area contributed by atoms with Crippen molar-refractivity contribution in [2.75, 3.05) is 19.8 Å². The molecule has 0 saturated carbocycles. The van der Waals surface area contributed by atoms with Crippen molar-refractivity contribution < 1.29 is 28.4 Å². The number of ether oxygens (including phenoxy) is 1. The molecule has 0 unspecified atom stereocenters. The van der Waals surface area contributed by atoms with Gasteiger partial charge in [0.05, 0.1) is 6.61 Å². The van der Waals surface area contributed by atoms with Gasteiger partial charge in [0.25, 0.3) is 0 Å². The van der Waals surface area contributed by atoms with E-state index in [9.17, 15) is 9.36 Å². The molecule has 1 amide bonds. The number of fused-ring (bicyclic) bond motifs is 3. The van der Waals surface area contributed by atoms with Gasteiger partial charge in [-0.25, -0.2) is 9.36 Å². The number of phosphoric acid groups is 1. The van der Waals surface area contributed by atoms with E-state index in [4.69, 9.17) is 14.5 Å². The van der Waals surface area contributed by atoms with Crippen LogP contribution in [0.2, 0.25) is 0 Å². The van der Waals surface area contributed by atoms with Crippen molar-refractivity contribution in [1.82, 2.24) is 5.32 Å². The van der Waals surface area contributed by atoms with E-state index >= 15 is 0 Å². The van der Waals surface area contributed by atoms with Gasteiger partial charge >= 0.3 is 13.9 Å². The largest absolute Gasteiger partial charge is 0.469 e. The number of rotatable bonds is 6. The van der Waals surface area contributed by atoms with E-state index in [-0.39, 0.29) is 25.7 Å². The molecule has 1 aliphatic rings. The second-order valence-corrected chi connectivity index (χ2v) is 6.82. The van der Waals surface area contributed by atoms with E-state index in [1.807, 2.05) is 48.5 Å². The van der Waals surface area contributed by atoms with Crippen molar-refractivity contribution in [2.45, 2.75) is 5.92 Å². The lowest BCUT2D eigenvalue weighted by molar-refractivity contribution is 0.138. The molecular formula is C17H18NO6P. The highest BCUT2D eigenvalue weighted by Gasteiger charge is 2.28. The first-order chi connectivity index (χ1) is 12.0. The average Bonchev–Trinajstić information content (AvgIpc) is 2.90. The number of benzene rings is 2. The summed E-state index contributed by atoms with van der Waals surface area (Å²) in [6, 6.07) is 16.0. The fraction of sp³-hybridized carbons (Fsp3) is 0.235. The van der Waals surface area contributed by atoms with Crippen molar-refractivity contribution >= 4 is 13.9 Å². The SMILES string of the molecule is O=C(NCCOP(=O)(O)O)OCC1c2ccccc2-c2ccccc21. The maximum Gasteiger partial charge on any atom is 0.469 e. The predicted molar refractivity (Wildman–Crippen MR) is 91.1 cm³/mol. The minimum atomic E-state index is -4.52. The summed E-state index contributed by atoms with van der Waals surface area (Å²) in [6.07, 6.45) is -0.656. The molecule has 3 N–H and O–H groups in total. The molecule has 0 aliphatic heterocycles. The number of amides is 1. The van der Waals surface area contributed by atoms with Gasteiger partial charge in [-0.3, -0.25) is 4.52 Å². The van der Waals surface area contributed by atoms with Gasteiger partial charge in [-0.15, -0.1) is 0 Å². The lowest BCUT2D eigenvalue weighted by Crippen LogP contribution is -2.29. The molecule has 8 heteroatoms. The number of phosphoric ester groups is 1. The van der Waals surface area contributed by atoms with Crippen LogP contribution in [0.3, 0.4) is 0 Å². The van der Waals surface area contributed by atoms with Gasteiger partial charge < -0.3 is 19.8 Å². The van der Waals surface area contributed by atoms with E-state index < -0.39 is 13.9 Å². The van der Waals surface area contributed by atoms with Crippen LogP contribution in [0, 0.1) is 0 Å². The van der Waals surface area contributed by atoms with E-state index in [1.165, 1.54) is 0 Å². The monoisotopic (exact) mass is 363 g/mol. The van der Waals surface area contributed by atoms with E-state index in [0.717, 1.165) is 22.3 Å². The zero-order chi connectivity index (χ0) is 17.9. The third kappa shape index (κ3) is 4.27. The van der Waals surface area contributed by atoms with Crippen LogP contribution in [0.4, 0.5) is 4.79 Å². The molecule has 0 bridgehead atoms. The maximum absolute atomic E-state index is 11.8. The summed E-state index contributed by atoms with van der Waals surface area (Å²) >= 11 is 0. The van der Waals surface area contributed by atoms with Crippen LogP contribution in [0.5, 0.6) is 0 Å². The quantitative estimate of drug-likeness (QED) is 0.538. The number of hydrogen-bond donors (Lipinski definition) is 3. The van der Waals surface area contributed by atoms with Crippen LogP contribution in [0.1, 0.15) is 17.0 Å². The fourth-order valence-corrected chi connectivity index (χ4v) is 3.30. The molecule has 25 heavy (non-hydrogen) atoms. The normalized spacial score (nSPS) is 13.2. The molecule has 0 saturated heterocycles. The smallest absolute Gasteiger partial charge is 0.449 e. The molecule has 1 aliphatic carbocycles. The maximum atomic E-state index is 11.8. The Morgan fingerprint density at radius 3 is 2.16 bits per heavy atom. The number of nitrogens with one attached hydrogen (secondary N) is 1. The first-order valence-electron chi connectivity index (χ1n) is 7.74. The van der Waals surface area contributed by atoms with Gasteiger partial charge in [0.1, 0.15) is 6.61 Å². The Bertz CT molecular complexity index is 773. The Morgan fingerprint density at radius 1 is 1.04 bits per heavy atom. The van der Waals surface area contributed by atoms with Crippen LogP contribution in [0.15, 0.2) is 48.5 Å². The summed E-state index contributed by atoms with van der Waals surface area (Å²) in [5.41, 5.74) is 4.51. The van der Waals surface area contributed by atoms with Gasteiger partial charge in [0, 0.05) is 12.5 Å². The van der Waals surface area contributed by atoms with Gasteiger partial charge in [0.15, 0.2) is 0 Å². The molecule has 0 spiro atoms. The summed E-state index contributed by atoms with van der Waals surface area (Å²) in [5, 5.41) is 2.40. The second-order valence-electron chi connectivity index (χ2n) is 5.58. The van der Waals surface area contributed by atoms with Crippen LogP contribution < -0.4 is 5.32 Å². The Balaban J connectivity index is 1.58. The average molecular weight is 363 g/mol.